The van der Waals surface area contributed by atoms with Crippen molar-refractivity contribution in [2.45, 2.75) is 44.2 Å². The summed E-state index contributed by atoms with van der Waals surface area (Å²) < 4.78 is 5.31. The van der Waals surface area contributed by atoms with E-state index in [0.717, 1.165) is 37.1 Å². The molecule has 0 radical (unpaired) electrons. The Bertz CT molecular complexity index is 397. The van der Waals surface area contributed by atoms with Crippen LogP contribution < -0.4 is 10.1 Å². The summed E-state index contributed by atoms with van der Waals surface area (Å²) in [5, 5.41) is 14.1. The first kappa shape index (κ1) is 13.5. The molecule has 100 valence electrons. The minimum Gasteiger partial charge on any atom is -0.495 e. The summed E-state index contributed by atoms with van der Waals surface area (Å²) in [5.74, 6) is 0.760. The van der Waals surface area contributed by atoms with E-state index in [9.17, 15) is 5.11 Å². The molecule has 2 N–H and O–H groups in total. The van der Waals surface area contributed by atoms with E-state index in [-0.39, 0.29) is 12.1 Å². The Morgan fingerprint density at radius 1 is 1.28 bits per heavy atom. The zero-order valence-electron chi connectivity index (χ0n) is 10.7. The van der Waals surface area contributed by atoms with Crippen LogP contribution in [0.1, 0.15) is 32.1 Å². The SMILES string of the molecule is COc1ccc(Cl)cc1NC1CCCCCC1O. The maximum absolute atomic E-state index is 10.1. The van der Waals surface area contributed by atoms with Gasteiger partial charge in [0.25, 0.3) is 0 Å². The molecule has 1 aliphatic rings. The number of ether oxygens (including phenoxy) is 1. The molecule has 1 aliphatic carbocycles. The fourth-order valence-corrected chi connectivity index (χ4v) is 2.62. The Kier molecular flexibility index (Phi) is 4.72. The summed E-state index contributed by atoms with van der Waals surface area (Å²) in [6, 6.07) is 5.57. The van der Waals surface area contributed by atoms with Gasteiger partial charge >= 0.3 is 0 Å². The highest BCUT2D eigenvalue weighted by atomic mass is 35.5. The van der Waals surface area contributed by atoms with Gasteiger partial charge in [0, 0.05) is 5.02 Å². The maximum atomic E-state index is 10.1. The van der Waals surface area contributed by atoms with Crippen LogP contribution in [-0.2, 0) is 0 Å². The van der Waals surface area contributed by atoms with E-state index in [0.29, 0.717) is 5.02 Å². The van der Waals surface area contributed by atoms with Gasteiger partial charge in [0.15, 0.2) is 0 Å². The molecule has 0 bridgehead atoms. The van der Waals surface area contributed by atoms with E-state index in [1.54, 1.807) is 13.2 Å². The molecule has 4 heteroatoms. The highest BCUT2D eigenvalue weighted by Crippen LogP contribution is 2.30. The van der Waals surface area contributed by atoms with Gasteiger partial charge in [0.2, 0.25) is 0 Å². The van der Waals surface area contributed by atoms with Gasteiger partial charge in [0.05, 0.1) is 24.9 Å². The number of nitrogens with one attached hydrogen (secondary N) is 1. The van der Waals surface area contributed by atoms with Gasteiger partial charge in [-0.05, 0) is 31.0 Å². The van der Waals surface area contributed by atoms with Crippen molar-refractivity contribution in [2.24, 2.45) is 0 Å². The quantitative estimate of drug-likeness (QED) is 0.826. The topological polar surface area (TPSA) is 41.5 Å². The van der Waals surface area contributed by atoms with Crippen molar-refractivity contribution in [3.63, 3.8) is 0 Å². The smallest absolute Gasteiger partial charge is 0.142 e. The maximum Gasteiger partial charge on any atom is 0.142 e. The van der Waals surface area contributed by atoms with Gasteiger partial charge in [-0.15, -0.1) is 0 Å². The summed E-state index contributed by atoms with van der Waals surface area (Å²) >= 11 is 6.00. The second kappa shape index (κ2) is 6.30. The first-order valence-corrected chi connectivity index (χ1v) is 6.86. The summed E-state index contributed by atoms with van der Waals surface area (Å²) in [7, 11) is 1.64. The van der Waals surface area contributed by atoms with E-state index in [2.05, 4.69) is 5.32 Å². The van der Waals surface area contributed by atoms with Crippen molar-refractivity contribution < 1.29 is 9.84 Å². The Morgan fingerprint density at radius 2 is 2.06 bits per heavy atom. The zero-order valence-corrected chi connectivity index (χ0v) is 11.4. The number of benzene rings is 1. The minimum absolute atomic E-state index is 0.0832. The van der Waals surface area contributed by atoms with Crippen LogP contribution in [0.15, 0.2) is 18.2 Å². The standard InChI is InChI=1S/C14H20ClNO2/c1-18-14-8-7-10(15)9-12(14)16-11-5-3-2-4-6-13(11)17/h7-9,11,13,16-17H,2-6H2,1H3. The zero-order chi connectivity index (χ0) is 13.0. The van der Waals surface area contributed by atoms with Gasteiger partial charge in [-0.25, -0.2) is 0 Å². The molecule has 1 aromatic rings. The van der Waals surface area contributed by atoms with Crippen LogP contribution in [0.5, 0.6) is 5.75 Å². The van der Waals surface area contributed by atoms with Gasteiger partial charge in [0.1, 0.15) is 5.75 Å². The summed E-state index contributed by atoms with van der Waals surface area (Å²) in [5.41, 5.74) is 0.857. The number of aliphatic hydroxyl groups excluding tert-OH is 1. The molecule has 3 nitrogen and oxygen atoms in total. The second-order valence-electron chi connectivity index (χ2n) is 4.80. The van der Waals surface area contributed by atoms with E-state index < -0.39 is 0 Å². The molecule has 0 saturated heterocycles. The van der Waals surface area contributed by atoms with Crippen molar-refractivity contribution in [1.82, 2.24) is 0 Å². The van der Waals surface area contributed by atoms with E-state index in [4.69, 9.17) is 16.3 Å². The highest BCUT2D eigenvalue weighted by molar-refractivity contribution is 6.30. The highest BCUT2D eigenvalue weighted by Gasteiger charge is 2.22. The summed E-state index contributed by atoms with van der Waals surface area (Å²) in [4.78, 5) is 0. The lowest BCUT2D eigenvalue weighted by Gasteiger charge is -2.24. The number of rotatable bonds is 3. The van der Waals surface area contributed by atoms with Crippen molar-refractivity contribution in [3.05, 3.63) is 23.2 Å². The van der Waals surface area contributed by atoms with Crippen molar-refractivity contribution in [2.75, 3.05) is 12.4 Å². The van der Waals surface area contributed by atoms with Gasteiger partial charge < -0.3 is 15.2 Å². The molecule has 0 aliphatic heterocycles. The third kappa shape index (κ3) is 3.30. The van der Waals surface area contributed by atoms with Crippen LogP contribution in [0, 0.1) is 0 Å². The summed E-state index contributed by atoms with van der Waals surface area (Å²) in [6.45, 7) is 0. The largest absolute Gasteiger partial charge is 0.495 e. The molecule has 0 heterocycles. The molecular weight excluding hydrogens is 250 g/mol. The lowest BCUT2D eigenvalue weighted by atomic mass is 10.1. The van der Waals surface area contributed by atoms with Gasteiger partial charge in [-0.2, -0.15) is 0 Å². The lowest BCUT2D eigenvalue weighted by Crippen LogP contribution is -2.32. The predicted octanol–water partition coefficient (Wildman–Crippen LogP) is 3.45. The third-order valence-electron chi connectivity index (χ3n) is 3.48. The van der Waals surface area contributed by atoms with Crippen molar-refractivity contribution in [3.8, 4) is 5.75 Å². The molecule has 1 fully saturated rings. The van der Waals surface area contributed by atoms with Crippen LogP contribution in [0.4, 0.5) is 5.69 Å². The molecule has 1 aromatic carbocycles. The fourth-order valence-electron chi connectivity index (χ4n) is 2.45. The molecule has 1 saturated carbocycles. The molecule has 0 aromatic heterocycles. The van der Waals surface area contributed by atoms with E-state index in [1.165, 1.54) is 6.42 Å². The Hall–Kier alpha value is -0.930. The molecule has 2 rings (SSSR count). The molecule has 0 spiro atoms. The normalized spacial score (nSPS) is 24.4. The Morgan fingerprint density at radius 3 is 2.83 bits per heavy atom. The van der Waals surface area contributed by atoms with Crippen LogP contribution in [0.3, 0.4) is 0 Å². The number of aliphatic hydroxyl groups is 1. The number of methoxy groups -OCH3 is 1. The van der Waals surface area contributed by atoms with Crippen molar-refractivity contribution in [1.29, 1.82) is 0 Å². The number of hydrogen-bond acceptors (Lipinski definition) is 3. The monoisotopic (exact) mass is 269 g/mol. The number of anilines is 1. The molecule has 0 amide bonds. The van der Waals surface area contributed by atoms with E-state index >= 15 is 0 Å². The molecule has 18 heavy (non-hydrogen) atoms. The average molecular weight is 270 g/mol. The van der Waals surface area contributed by atoms with Crippen LogP contribution in [0.2, 0.25) is 5.02 Å². The van der Waals surface area contributed by atoms with Crippen LogP contribution >= 0.6 is 11.6 Å². The first-order valence-electron chi connectivity index (χ1n) is 6.49. The van der Waals surface area contributed by atoms with Gasteiger partial charge in [-0.1, -0.05) is 30.9 Å². The lowest BCUT2D eigenvalue weighted by molar-refractivity contribution is 0.144. The van der Waals surface area contributed by atoms with Crippen LogP contribution in [-0.4, -0.2) is 24.4 Å². The second-order valence-corrected chi connectivity index (χ2v) is 5.24. The average Bonchev–Trinajstić information content (AvgIpc) is 2.55. The number of halogens is 1. The minimum atomic E-state index is -0.295. The predicted molar refractivity (Wildman–Crippen MR) is 74.5 cm³/mol. The van der Waals surface area contributed by atoms with Crippen molar-refractivity contribution >= 4 is 17.3 Å². The Balaban J connectivity index is 2.13. The molecule has 2 unspecified atom stereocenters. The molecule has 2 atom stereocenters. The fraction of sp³-hybridized carbons (Fsp3) is 0.571. The third-order valence-corrected chi connectivity index (χ3v) is 3.72. The first-order chi connectivity index (χ1) is 8.70. The summed E-state index contributed by atoms with van der Waals surface area (Å²) in [6.07, 6.45) is 5.00. The van der Waals surface area contributed by atoms with Crippen LogP contribution in [0.25, 0.3) is 0 Å². The Labute approximate surface area is 113 Å². The molecular formula is C14H20ClNO2. The van der Waals surface area contributed by atoms with Gasteiger partial charge in [-0.3, -0.25) is 0 Å². The van der Waals surface area contributed by atoms with E-state index in [1.807, 2.05) is 12.1 Å². The number of hydrogen-bond donors (Lipinski definition) is 2.